The quantitative estimate of drug-likeness (QED) is 0.636. The van der Waals surface area contributed by atoms with Crippen molar-refractivity contribution in [3.8, 4) is 5.75 Å². The van der Waals surface area contributed by atoms with Crippen LogP contribution in [0.4, 0.5) is 0 Å². The van der Waals surface area contributed by atoms with Crippen LogP contribution >= 0.6 is 0 Å². The van der Waals surface area contributed by atoms with Gasteiger partial charge in [-0.15, -0.1) is 0 Å². The number of rotatable bonds is 8. The molecule has 0 aliphatic rings. The van der Waals surface area contributed by atoms with Gasteiger partial charge in [-0.05, 0) is 37.0 Å². The molecule has 0 aliphatic carbocycles. The maximum absolute atomic E-state index is 12.0. The lowest BCUT2D eigenvalue weighted by Crippen LogP contribution is -2.32. The Labute approximate surface area is 151 Å². The Morgan fingerprint density at radius 1 is 0.885 bits per heavy atom. The van der Waals surface area contributed by atoms with Gasteiger partial charge in [0, 0.05) is 18.3 Å². The van der Waals surface area contributed by atoms with Crippen LogP contribution in [-0.4, -0.2) is 16.2 Å². The van der Waals surface area contributed by atoms with Crippen molar-refractivity contribution in [3.63, 3.8) is 0 Å². The molecular formula is C21H22N2O3. The molecule has 1 N–H and O–H groups in total. The Morgan fingerprint density at radius 2 is 1.58 bits per heavy atom. The third-order valence-corrected chi connectivity index (χ3v) is 4.17. The molecule has 1 heterocycles. The molecule has 0 saturated carbocycles. The molecule has 5 heteroatoms. The Bertz CT molecular complexity index is 931. The second-order valence-corrected chi connectivity index (χ2v) is 6.11. The average Bonchev–Trinajstić information content (AvgIpc) is 2.67. The van der Waals surface area contributed by atoms with Crippen LogP contribution in [0.5, 0.6) is 5.75 Å². The van der Waals surface area contributed by atoms with E-state index in [1.807, 2.05) is 60.7 Å². The zero-order valence-electron chi connectivity index (χ0n) is 14.6. The minimum atomic E-state index is -0.377. The van der Waals surface area contributed by atoms with Gasteiger partial charge in [-0.2, -0.15) is 0 Å². The normalized spacial score (nSPS) is 10.6. The summed E-state index contributed by atoms with van der Waals surface area (Å²) in [5, 5.41) is 0. The van der Waals surface area contributed by atoms with Crippen LogP contribution in [-0.2, 0) is 19.4 Å². The highest BCUT2D eigenvalue weighted by atomic mass is 16.5. The number of benzene rings is 2. The average molecular weight is 350 g/mol. The predicted octanol–water partition coefficient (Wildman–Crippen LogP) is 2.79. The number of hydrogen-bond donors (Lipinski definition) is 1. The Morgan fingerprint density at radius 3 is 2.31 bits per heavy atom. The molecule has 0 bridgehead atoms. The third kappa shape index (κ3) is 4.96. The molecule has 0 aliphatic heterocycles. The summed E-state index contributed by atoms with van der Waals surface area (Å²) in [5.74, 6) is 0.810. The summed E-state index contributed by atoms with van der Waals surface area (Å²) in [4.78, 5) is 26.4. The lowest BCUT2D eigenvalue weighted by atomic mass is 10.1. The van der Waals surface area contributed by atoms with Gasteiger partial charge >= 0.3 is 5.69 Å². The van der Waals surface area contributed by atoms with Crippen molar-refractivity contribution >= 4 is 0 Å². The summed E-state index contributed by atoms with van der Waals surface area (Å²) in [5.41, 5.74) is 1.11. The molecule has 3 rings (SSSR count). The van der Waals surface area contributed by atoms with E-state index >= 15 is 0 Å². The zero-order chi connectivity index (χ0) is 18.2. The Hall–Kier alpha value is -3.08. The van der Waals surface area contributed by atoms with Gasteiger partial charge in [0.05, 0.1) is 6.61 Å². The molecule has 0 amide bonds. The van der Waals surface area contributed by atoms with Crippen LogP contribution in [0.2, 0.25) is 0 Å². The molecule has 0 fully saturated rings. The molecule has 26 heavy (non-hydrogen) atoms. The SMILES string of the molecule is O=c1[nH]c(=O)n(CCCOc2ccccc2)cc1CCc1ccccc1. The Kier molecular flexibility index (Phi) is 6.04. The first kappa shape index (κ1) is 17.7. The monoisotopic (exact) mass is 350 g/mol. The summed E-state index contributed by atoms with van der Waals surface area (Å²) in [6.07, 6.45) is 3.71. The number of hydrogen-bond acceptors (Lipinski definition) is 3. The van der Waals surface area contributed by atoms with Gasteiger partial charge in [-0.25, -0.2) is 4.79 Å². The number of aromatic amines is 1. The van der Waals surface area contributed by atoms with Gasteiger partial charge in [0.1, 0.15) is 5.75 Å². The zero-order valence-corrected chi connectivity index (χ0v) is 14.6. The summed E-state index contributed by atoms with van der Waals surface area (Å²) in [6, 6.07) is 19.6. The fraction of sp³-hybridized carbons (Fsp3) is 0.238. The van der Waals surface area contributed by atoms with E-state index < -0.39 is 0 Å². The maximum Gasteiger partial charge on any atom is 0.328 e. The molecular weight excluding hydrogens is 328 g/mol. The smallest absolute Gasteiger partial charge is 0.328 e. The van der Waals surface area contributed by atoms with Crippen LogP contribution < -0.4 is 16.0 Å². The summed E-state index contributed by atoms with van der Waals surface area (Å²) < 4.78 is 7.19. The molecule has 0 saturated heterocycles. The van der Waals surface area contributed by atoms with Gasteiger partial charge in [0.2, 0.25) is 0 Å². The van der Waals surface area contributed by atoms with E-state index in [1.54, 1.807) is 10.8 Å². The third-order valence-electron chi connectivity index (χ3n) is 4.17. The molecule has 134 valence electrons. The first-order chi connectivity index (χ1) is 12.7. The molecule has 0 unspecified atom stereocenters. The first-order valence-corrected chi connectivity index (χ1v) is 8.77. The number of para-hydroxylation sites is 1. The van der Waals surface area contributed by atoms with Crippen LogP contribution in [0.1, 0.15) is 17.5 Å². The number of aryl methyl sites for hydroxylation is 3. The highest BCUT2D eigenvalue weighted by molar-refractivity contribution is 5.21. The van der Waals surface area contributed by atoms with Crippen molar-refractivity contribution in [1.82, 2.24) is 9.55 Å². The fourth-order valence-corrected chi connectivity index (χ4v) is 2.76. The van der Waals surface area contributed by atoms with Gasteiger partial charge in [0.15, 0.2) is 0 Å². The minimum absolute atomic E-state index is 0.303. The summed E-state index contributed by atoms with van der Waals surface area (Å²) in [7, 11) is 0. The molecule has 2 aromatic carbocycles. The van der Waals surface area contributed by atoms with E-state index in [0.717, 1.165) is 12.2 Å². The molecule has 0 spiro atoms. The van der Waals surface area contributed by atoms with E-state index in [4.69, 9.17) is 4.74 Å². The number of H-pyrrole nitrogens is 1. The number of aromatic nitrogens is 2. The van der Waals surface area contributed by atoms with Crippen molar-refractivity contribution < 1.29 is 4.74 Å². The molecule has 1 aromatic heterocycles. The fourth-order valence-electron chi connectivity index (χ4n) is 2.76. The van der Waals surface area contributed by atoms with Crippen LogP contribution in [0.15, 0.2) is 76.4 Å². The predicted molar refractivity (Wildman–Crippen MR) is 102 cm³/mol. The number of nitrogens with zero attached hydrogens (tertiary/aromatic N) is 1. The maximum atomic E-state index is 12.0. The second kappa shape index (κ2) is 8.85. The van der Waals surface area contributed by atoms with Crippen molar-refractivity contribution in [2.24, 2.45) is 0 Å². The van der Waals surface area contributed by atoms with Gasteiger partial charge in [-0.3, -0.25) is 9.78 Å². The highest BCUT2D eigenvalue weighted by Gasteiger charge is 2.05. The van der Waals surface area contributed by atoms with Crippen molar-refractivity contribution in [1.29, 1.82) is 0 Å². The van der Waals surface area contributed by atoms with E-state index in [-0.39, 0.29) is 11.2 Å². The molecule has 0 atom stereocenters. The van der Waals surface area contributed by atoms with Gasteiger partial charge in [-0.1, -0.05) is 48.5 Å². The topological polar surface area (TPSA) is 64.1 Å². The first-order valence-electron chi connectivity index (χ1n) is 8.77. The Balaban J connectivity index is 1.58. The van der Waals surface area contributed by atoms with Crippen molar-refractivity contribution in [3.05, 3.63) is 98.8 Å². The highest BCUT2D eigenvalue weighted by Crippen LogP contribution is 2.08. The van der Waals surface area contributed by atoms with E-state index in [0.29, 0.717) is 31.6 Å². The van der Waals surface area contributed by atoms with E-state index in [9.17, 15) is 9.59 Å². The minimum Gasteiger partial charge on any atom is -0.494 e. The molecule has 0 radical (unpaired) electrons. The molecule has 5 nitrogen and oxygen atoms in total. The van der Waals surface area contributed by atoms with Crippen LogP contribution in [0, 0.1) is 0 Å². The largest absolute Gasteiger partial charge is 0.494 e. The lowest BCUT2D eigenvalue weighted by molar-refractivity contribution is 0.300. The summed E-state index contributed by atoms with van der Waals surface area (Å²) in [6.45, 7) is 1.01. The standard InChI is InChI=1S/C21H22N2O3/c24-20-18(13-12-17-8-3-1-4-9-17)16-23(21(25)22-20)14-7-15-26-19-10-5-2-6-11-19/h1-6,8-11,16H,7,12-15H2,(H,22,24,25). The lowest BCUT2D eigenvalue weighted by Gasteiger charge is -2.09. The van der Waals surface area contributed by atoms with Crippen LogP contribution in [0.3, 0.4) is 0 Å². The number of nitrogens with one attached hydrogen (secondary N) is 1. The summed E-state index contributed by atoms with van der Waals surface area (Å²) >= 11 is 0. The van der Waals surface area contributed by atoms with Crippen LogP contribution in [0.25, 0.3) is 0 Å². The van der Waals surface area contributed by atoms with Crippen molar-refractivity contribution in [2.45, 2.75) is 25.8 Å². The van der Waals surface area contributed by atoms with E-state index in [1.165, 1.54) is 5.56 Å². The van der Waals surface area contributed by atoms with Crippen molar-refractivity contribution in [2.75, 3.05) is 6.61 Å². The molecule has 3 aromatic rings. The number of ether oxygens (including phenoxy) is 1. The second-order valence-electron chi connectivity index (χ2n) is 6.11. The van der Waals surface area contributed by atoms with Gasteiger partial charge in [0.25, 0.3) is 5.56 Å². The van der Waals surface area contributed by atoms with E-state index in [2.05, 4.69) is 4.98 Å². The van der Waals surface area contributed by atoms with Gasteiger partial charge < -0.3 is 9.30 Å².